The fourth-order valence-electron chi connectivity index (χ4n) is 4.16. The van der Waals surface area contributed by atoms with Crippen LogP contribution in [0.1, 0.15) is 36.6 Å². The van der Waals surface area contributed by atoms with E-state index in [0.29, 0.717) is 17.9 Å². The zero-order valence-corrected chi connectivity index (χ0v) is 19.9. The predicted octanol–water partition coefficient (Wildman–Crippen LogP) is 5.90. The second kappa shape index (κ2) is 8.92. The van der Waals surface area contributed by atoms with Crippen molar-refractivity contribution in [2.75, 3.05) is 7.11 Å². The van der Waals surface area contributed by atoms with Crippen LogP contribution in [0, 0.1) is 6.92 Å². The number of hydrogen-bond donors (Lipinski definition) is 1. The monoisotopic (exact) mass is 465 g/mol. The van der Waals surface area contributed by atoms with E-state index in [-0.39, 0.29) is 11.0 Å². The first-order valence-corrected chi connectivity index (χ1v) is 12.2. The van der Waals surface area contributed by atoms with Crippen LogP contribution in [0.15, 0.2) is 71.8 Å². The van der Waals surface area contributed by atoms with E-state index in [1.165, 1.54) is 6.07 Å². The summed E-state index contributed by atoms with van der Waals surface area (Å²) in [6, 6.07) is 18.5. The number of ether oxygens (including phenoxy) is 2. The lowest BCUT2D eigenvalue weighted by Crippen LogP contribution is -2.09. The molecule has 1 heterocycles. The van der Waals surface area contributed by atoms with Crippen molar-refractivity contribution >= 4 is 21.0 Å². The lowest BCUT2D eigenvalue weighted by molar-refractivity contribution is 0.227. The van der Waals surface area contributed by atoms with Crippen LogP contribution in [-0.2, 0) is 16.5 Å². The molecule has 0 amide bonds. The molecule has 6 nitrogen and oxygen atoms in total. The molecule has 0 radical (unpaired) electrons. The van der Waals surface area contributed by atoms with Gasteiger partial charge in [0.25, 0.3) is 10.1 Å². The molecule has 33 heavy (non-hydrogen) atoms. The number of hydrogen-bond acceptors (Lipinski definition) is 4. The molecule has 4 rings (SSSR count). The van der Waals surface area contributed by atoms with E-state index >= 15 is 0 Å². The quantitative estimate of drug-likeness (QED) is 0.344. The lowest BCUT2D eigenvalue weighted by Gasteiger charge is -2.18. The number of rotatable bonds is 7. The van der Waals surface area contributed by atoms with Crippen LogP contribution in [0.25, 0.3) is 16.6 Å². The van der Waals surface area contributed by atoms with Gasteiger partial charge in [0, 0.05) is 17.6 Å². The third kappa shape index (κ3) is 4.47. The van der Waals surface area contributed by atoms with Gasteiger partial charge in [-0.25, -0.2) is 0 Å². The van der Waals surface area contributed by atoms with Crippen molar-refractivity contribution in [3.05, 3.63) is 83.6 Å². The van der Waals surface area contributed by atoms with Crippen molar-refractivity contribution in [1.29, 1.82) is 0 Å². The molecule has 0 aliphatic carbocycles. The van der Waals surface area contributed by atoms with Gasteiger partial charge in [-0.3, -0.25) is 4.55 Å². The highest BCUT2D eigenvalue weighted by atomic mass is 32.2. The summed E-state index contributed by atoms with van der Waals surface area (Å²) < 4.78 is 47.5. The maximum atomic E-state index is 12.2. The minimum absolute atomic E-state index is 0.111. The number of benzene rings is 3. The molecule has 0 bridgehead atoms. The Balaban J connectivity index is 1.79. The standard InChI is InChI=1S/C26H27NO5S/c1-5-23-17(2)6-13-25(33(28,29)30)26(23)27-15-14-20-9-12-22(16-24(20)27)32-18(3)19-7-10-21(31-4)11-8-19/h6-16,18H,5H2,1-4H3,(H,28,29,30). The molecule has 1 atom stereocenters. The molecular formula is C26H27NO5S. The molecule has 4 aromatic rings. The van der Waals surface area contributed by atoms with E-state index < -0.39 is 10.1 Å². The van der Waals surface area contributed by atoms with Crippen molar-refractivity contribution in [2.24, 2.45) is 0 Å². The molecule has 1 aromatic heterocycles. The first-order chi connectivity index (χ1) is 15.7. The molecule has 1 unspecified atom stereocenters. The molecule has 3 aromatic carbocycles. The lowest BCUT2D eigenvalue weighted by atomic mass is 10.0. The molecule has 0 aliphatic rings. The highest BCUT2D eigenvalue weighted by Gasteiger charge is 2.22. The molecule has 0 aliphatic heterocycles. The van der Waals surface area contributed by atoms with Gasteiger partial charge in [0.2, 0.25) is 0 Å². The molecule has 0 fully saturated rings. The second-order valence-corrected chi connectivity index (χ2v) is 9.37. The van der Waals surface area contributed by atoms with E-state index in [1.807, 2.05) is 80.1 Å². The SMILES string of the molecule is CCc1c(C)ccc(S(=O)(=O)O)c1-n1ccc2ccc(OC(C)c3ccc(OC)cc3)cc21. The van der Waals surface area contributed by atoms with Gasteiger partial charge in [-0.05, 0) is 73.4 Å². The average Bonchev–Trinajstić information content (AvgIpc) is 3.21. The highest BCUT2D eigenvalue weighted by Crippen LogP contribution is 2.33. The van der Waals surface area contributed by atoms with Crippen molar-refractivity contribution < 1.29 is 22.4 Å². The van der Waals surface area contributed by atoms with Crippen molar-refractivity contribution in [2.45, 2.75) is 38.2 Å². The molecule has 0 saturated heterocycles. The number of fused-ring (bicyclic) bond motifs is 1. The summed E-state index contributed by atoms with van der Waals surface area (Å²) in [5.41, 5.74) is 4.09. The predicted molar refractivity (Wildman–Crippen MR) is 129 cm³/mol. The van der Waals surface area contributed by atoms with Gasteiger partial charge in [0.1, 0.15) is 22.5 Å². The maximum absolute atomic E-state index is 12.2. The normalized spacial score (nSPS) is 12.6. The van der Waals surface area contributed by atoms with Gasteiger partial charge in [-0.2, -0.15) is 8.42 Å². The molecular weight excluding hydrogens is 438 g/mol. The zero-order chi connectivity index (χ0) is 23.8. The van der Waals surface area contributed by atoms with Crippen LogP contribution in [-0.4, -0.2) is 24.6 Å². The summed E-state index contributed by atoms with van der Waals surface area (Å²) in [5.74, 6) is 1.44. The molecule has 1 N–H and O–H groups in total. The van der Waals surface area contributed by atoms with Gasteiger partial charge in [0.05, 0.1) is 18.3 Å². The van der Waals surface area contributed by atoms with Gasteiger partial charge >= 0.3 is 0 Å². The average molecular weight is 466 g/mol. The number of nitrogens with zero attached hydrogens (tertiary/aromatic N) is 1. The zero-order valence-electron chi connectivity index (χ0n) is 19.1. The third-order valence-electron chi connectivity index (χ3n) is 5.91. The first kappa shape index (κ1) is 22.9. The van der Waals surface area contributed by atoms with Crippen molar-refractivity contribution in [3.63, 3.8) is 0 Å². The Kier molecular flexibility index (Phi) is 6.19. The summed E-state index contributed by atoms with van der Waals surface area (Å²) in [5, 5.41) is 0.935. The van der Waals surface area contributed by atoms with Crippen LogP contribution in [0.2, 0.25) is 0 Å². The molecule has 172 valence electrons. The summed E-state index contributed by atoms with van der Waals surface area (Å²) in [6.07, 6.45) is 2.24. The molecule has 7 heteroatoms. The van der Waals surface area contributed by atoms with Crippen LogP contribution >= 0.6 is 0 Å². The highest BCUT2D eigenvalue weighted by molar-refractivity contribution is 7.86. The topological polar surface area (TPSA) is 77.8 Å². The number of methoxy groups -OCH3 is 1. The van der Waals surface area contributed by atoms with Gasteiger partial charge in [0.15, 0.2) is 0 Å². The maximum Gasteiger partial charge on any atom is 0.296 e. The fourth-order valence-corrected chi connectivity index (χ4v) is 4.86. The van der Waals surface area contributed by atoms with Gasteiger partial charge in [-0.1, -0.05) is 25.1 Å². The van der Waals surface area contributed by atoms with Crippen LogP contribution in [0.3, 0.4) is 0 Å². The Morgan fingerprint density at radius 2 is 1.70 bits per heavy atom. The van der Waals surface area contributed by atoms with Crippen molar-refractivity contribution in [3.8, 4) is 17.2 Å². The van der Waals surface area contributed by atoms with E-state index in [9.17, 15) is 13.0 Å². The largest absolute Gasteiger partial charge is 0.497 e. The minimum atomic E-state index is -4.41. The smallest absolute Gasteiger partial charge is 0.296 e. The van der Waals surface area contributed by atoms with Gasteiger partial charge < -0.3 is 14.0 Å². The summed E-state index contributed by atoms with van der Waals surface area (Å²) >= 11 is 0. The Morgan fingerprint density at radius 1 is 1.00 bits per heavy atom. The molecule has 0 saturated carbocycles. The summed E-state index contributed by atoms with van der Waals surface area (Å²) in [7, 11) is -2.78. The van der Waals surface area contributed by atoms with Crippen molar-refractivity contribution in [1.82, 2.24) is 4.57 Å². The third-order valence-corrected chi connectivity index (χ3v) is 6.80. The summed E-state index contributed by atoms with van der Waals surface area (Å²) in [6.45, 7) is 5.88. The number of aryl methyl sites for hydroxylation is 1. The summed E-state index contributed by atoms with van der Waals surface area (Å²) in [4.78, 5) is -0.111. The Bertz CT molecular complexity index is 1400. The van der Waals surface area contributed by atoms with E-state index in [0.717, 1.165) is 33.3 Å². The van der Waals surface area contributed by atoms with Crippen LogP contribution < -0.4 is 9.47 Å². The van der Waals surface area contributed by atoms with E-state index in [1.54, 1.807) is 13.2 Å². The molecule has 0 spiro atoms. The Labute approximate surface area is 194 Å². The van der Waals surface area contributed by atoms with Crippen LogP contribution in [0.5, 0.6) is 11.5 Å². The van der Waals surface area contributed by atoms with E-state index in [4.69, 9.17) is 9.47 Å². The van der Waals surface area contributed by atoms with Crippen LogP contribution in [0.4, 0.5) is 0 Å². The second-order valence-electron chi connectivity index (χ2n) is 7.98. The van der Waals surface area contributed by atoms with Gasteiger partial charge in [-0.15, -0.1) is 0 Å². The first-order valence-electron chi connectivity index (χ1n) is 10.7. The Morgan fingerprint density at radius 3 is 2.33 bits per heavy atom. The number of aromatic nitrogens is 1. The minimum Gasteiger partial charge on any atom is -0.497 e. The Hall–Kier alpha value is -3.29. The fraction of sp³-hybridized carbons (Fsp3) is 0.231. The van der Waals surface area contributed by atoms with E-state index in [2.05, 4.69) is 0 Å².